The van der Waals surface area contributed by atoms with Crippen molar-refractivity contribution in [2.45, 2.75) is 52.3 Å². The molecule has 1 aromatic rings. The fourth-order valence-electron chi connectivity index (χ4n) is 3.01. The van der Waals surface area contributed by atoms with Crippen LogP contribution in [0.3, 0.4) is 0 Å². The Morgan fingerprint density at radius 1 is 1.52 bits per heavy atom. The van der Waals surface area contributed by atoms with Gasteiger partial charge in [-0.15, -0.1) is 0 Å². The molecule has 0 radical (unpaired) electrons. The number of pyridine rings is 1. The topological polar surface area (TPSA) is 63.7 Å². The van der Waals surface area contributed by atoms with Gasteiger partial charge in [-0.05, 0) is 26.7 Å². The number of nitrogens with one attached hydrogen (secondary N) is 1. The number of methoxy groups -OCH3 is 1. The fourth-order valence-corrected chi connectivity index (χ4v) is 3.01. The van der Waals surface area contributed by atoms with E-state index in [9.17, 15) is 4.79 Å². The minimum absolute atomic E-state index is 0.0940. The first-order valence-corrected chi connectivity index (χ1v) is 8.10. The summed E-state index contributed by atoms with van der Waals surface area (Å²) >= 11 is 0. The zero-order valence-electron chi connectivity index (χ0n) is 14.7. The van der Waals surface area contributed by atoms with E-state index in [1.165, 1.54) is 0 Å². The summed E-state index contributed by atoms with van der Waals surface area (Å²) in [5, 5.41) is 3.06. The maximum absolute atomic E-state index is 12.4. The van der Waals surface area contributed by atoms with Crippen LogP contribution >= 0.6 is 0 Å². The summed E-state index contributed by atoms with van der Waals surface area (Å²) in [4.78, 5) is 18.5. The highest BCUT2D eigenvalue weighted by molar-refractivity contribution is 5.74. The van der Waals surface area contributed by atoms with Crippen LogP contribution < -0.4 is 10.1 Å². The molecule has 0 aliphatic carbocycles. The molecule has 0 bridgehead atoms. The van der Waals surface area contributed by atoms with Gasteiger partial charge in [0.25, 0.3) is 0 Å². The Labute approximate surface area is 138 Å². The summed E-state index contributed by atoms with van der Waals surface area (Å²) in [5.74, 6) is 0.832. The molecule has 1 aliphatic heterocycles. The minimum atomic E-state index is -0.0975. The maximum atomic E-state index is 12.4. The molecular formula is C17H27N3O3. The Kier molecular flexibility index (Phi) is 5.82. The fraction of sp³-hybridized carbons (Fsp3) is 0.647. The third kappa shape index (κ3) is 3.93. The van der Waals surface area contributed by atoms with Crippen LogP contribution in [0.1, 0.15) is 36.6 Å². The van der Waals surface area contributed by atoms with E-state index in [2.05, 4.69) is 17.2 Å². The summed E-state index contributed by atoms with van der Waals surface area (Å²) in [6, 6.07) is -0.00347. The molecule has 2 heterocycles. The van der Waals surface area contributed by atoms with Gasteiger partial charge in [-0.3, -0.25) is 4.98 Å². The van der Waals surface area contributed by atoms with Crippen molar-refractivity contribution in [2.75, 3.05) is 20.8 Å². The third-order valence-electron chi connectivity index (χ3n) is 4.40. The van der Waals surface area contributed by atoms with Gasteiger partial charge in [0.05, 0.1) is 31.5 Å². The number of amides is 2. The van der Waals surface area contributed by atoms with Gasteiger partial charge < -0.3 is 19.7 Å². The van der Waals surface area contributed by atoms with Crippen molar-refractivity contribution >= 4 is 6.03 Å². The molecule has 1 fully saturated rings. The monoisotopic (exact) mass is 321 g/mol. The Balaban J connectivity index is 2.01. The van der Waals surface area contributed by atoms with Crippen molar-refractivity contribution in [1.82, 2.24) is 15.2 Å². The van der Waals surface area contributed by atoms with Crippen LogP contribution in [-0.4, -0.2) is 48.8 Å². The number of carbonyl (C=O) groups is 1. The first-order valence-electron chi connectivity index (χ1n) is 8.10. The molecule has 1 aromatic heterocycles. The molecule has 1 saturated heterocycles. The zero-order valence-corrected chi connectivity index (χ0v) is 14.7. The highest BCUT2D eigenvalue weighted by Gasteiger charge is 2.29. The lowest BCUT2D eigenvalue weighted by Crippen LogP contribution is -2.46. The molecule has 2 amide bonds. The smallest absolute Gasteiger partial charge is 0.317 e. The summed E-state index contributed by atoms with van der Waals surface area (Å²) < 4.78 is 11.0. The number of urea groups is 1. The van der Waals surface area contributed by atoms with E-state index in [4.69, 9.17) is 9.47 Å². The van der Waals surface area contributed by atoms with Gasteiger partial charge in [-0.25, -0.2) is 4.79 Å². The summed E-state index contributed by atoms with van der Waals surface area (Å²) in [6.07, 6.45) is 3.68. The van der Waals surface area contributed by atoms with Crippen molar-refractivity contribution in [3.05, 3.63) is 23.0 Å². The van der Waals surface area contributed by atoms with Gasteiger partial charge in [-0.2, -0.15) is 0 Å². The maximum Gasteiger partial charge on any atom is 0.317 e. The van der Waals surface area contributed by atoms with Crippen molar-refractivity contribution in [3.63, 3.8) is 0 Å². The molecule has 2 atom stereocenters. The van der Waals surface area contributed by atoms with Gasteiger partial charge >= 0.3 is 6.03 Å². The second kappa shape index (κ2) is 7.64. The number of aryl methyl sites for hydroxylation is 1. The molecule has 1 N–H and O–H groups in total. The Morgan fingerprint density at radius 2 is 2.26 bits per heavy atom. The third-order valence-corrected chi connectivity index (χ3v) is 4.40. The van der Waals surface area contributed by atoms with Crippen LogP contribution in [0, 0.1) is 13.8 Å². The average molecular weight is 321 g/mol. The molecule has 128 valence electrons. The van der Waals surface area contributed by atoms with E-state index in [1.807, 2.05) is 13.8 Å². The molecule has 0 unspecified atom stereocenters. The van der Waals surface area contributed by atoms with Crippen LogP contribution in [0.15, 0.2) is 6.20 Å². The summed E-state index contributed by atoms with van der Waals surface area (Å²) in [7, 11) is 3.43. The lowest BCUT2D eigenvalue weighted by molar-refractivity contribution is 0.0951. The van der Waals surface area contributed by atoms with Crippen molar-refractivity contribution in [3.8, 4) is 5.75 Å². The van der Waals surface area contributed by atoms with Gasteiger partial charge in [0, 0.05) is 31.0 Å². The molecule has 0 saturated carbocycles. The first kappa shape index (κ1) is 17.5. The quantitative estimate of drug-likeness (QED) is 0.904. The Bertz CT molecular complexity index is 562. The predicted molar refractivity (Wildman–Crippen MR) is 88.7 cm³/mol. The molecular weight excluding hydrogens is 294 g/mol. The lowest BCUT2D eigenvalue weighted by atomic mass is 10.1. The minimum Gasteiger partial charge on any atom is -0.496 e. The molecule has 0 spiro atoms. The van der Waals surface area contributed by atoms with Crippen LogP contribution in [0.4, 0.5) is 4.79 Å². The van der Waals surface area contributed by atoms with Gasteiger partial charge in [0.1, 0.15) is 5.75 Å². The normalized spacial score (nSPS) is 20.4. The number of nitrogens with zero attached hydrogens (tertiary/aromatic N) is 2. The van der Waals surface area contributed by atoms with Crippen molar-refractivity contribution < 1.29 is 14.3 Å². The largest absolute Gasteiger partial charge is 0.496 e. The Hall–Kier alpha value is -1.82. The standard InChI is InChI=1S/C17H27N3O3/c1-6-15-13(7-8-23-15)19-17(21)20(4)10-14-12(3)16(22-5)11(2)9-18-14/h9,13,15H,6-8,10H2,1-5H3,(H,19,21)/t13-,15+/m1/s1. The molecule has 6 heteroatoms. The molecule has 1 aliphatic rings. The van der Waals surface area contributed by atoms with Crippen LogP contribution in [0.5, 0.6) is 5.75 Å². The van der Waals surface area contributed by atoms with E-state index in [-0.39, 0.29) is 18.2 Å². The molecule has 2 rings (SSSR count). The van der Waals surface area contributed by atoms with E-state index in [1.54, 1.807) is 25.3 Å². The first-order chi connectivity index (χ1) is 11.0. The second-order valence-electron chi connectivity index (χ2n) is 6.06. The summed E-state index contributed by atoms with van der Waals surface area (Å²) in [6.45, 7) is 7.16. The Morgan fingerprint density at radius 3 is 2.91 bits per heavy atom. The number of ether oxygens (including phenoxy) is 2. The van der Waals surface area contributed by atoms with Crippen LogP contribution in [-0.2, 0) is 11.3 Å². The van der Waals surface area contributed by atoms with Crippen LogP contribution in [0.2, 0.25) is 0 Å². The number of hydrogen-bond donors (Lipinski definition) is 1. The number of hydrogen-bond acceptors (Lipinski definition) is 4. The van der Waals surface area contributed by atoms with Gasteiger partial charge in [0.2, 0.25) is 0 Å². The van der Waals surface area contributed by atoms with Crippen molar-refractivity contribution in [1.29, 1.82) is 0 Å². The predicted octanol–water partition coefficient (Wildman–Crippen LogP) is 2.42. The highest BCUT2D eigenvalue weighted by atomic mass is 16.5. The molecule has 6 nitrogen and oxygen atoms in total. The number of rotatable bonds is 5. The molecule has 23 heavy (non-hydrogen) atoms. The van der Waals surface area contributed by atoms with Gasteiger partial charge in [-0.1, -0.05) is 6.92 Å². The number of carbonyl (C=O) groups excluding carboxylic acids is 1. The van der Waals surface area contributed by atoms with E-state index < -0.39 is 0 Å². The van der Waals surface area contributed by atoms with Gasteiger partial charge in [0.15, 0.2) is 0 Å². The van der Waals surface area contributed by atoms with Crippen molar-refractivity contribution in [2.24, 2.45) is 0 Å². The van der Waals surface area contributed by atoms with E-state index >= 15 is 0 Å². The average Bonchev–Trinajstić information content (AvgIpc) is 2.97. The van der Waals surface area contributed by atoms with E-state index in [0.717, 1.165) is 35.4 Å². The summed E-state index contributed by atoms with van der Waals surface area (Å²) in [5.41, 5.74) is 2.82. The second-order valence-corrected chi connectivity index (χ2v) is 6.06. The molecule has 0 aromatic carbocycles. The number of aromatic nitrogens is 1. The van der Waals surface area contributed by atoms with E-state index in [0.29, 0.717) is 13.2 Å². The SMILES string of the molecule is CC[C@@H]1OCC[C@H]1NC(=O)N(C)Cc1ncc(C)c(OC)c1C. The lowest BCUT2D eigenvalue weighted by Gasteiger charge is -2.24. The van der Waals surface area contributed by atoms with Crippen LogP contribution in [0.25, 0.3) is 0 Å². The highest BCUT2D eigenvalue weighted by Crippen LogP contribution is 2.24. The zero-order chi connectivity index (χ0) is 17.0.